The van der Waals surface area contributed by atoms with Crippen molar-refractivity contribution < 1.29 is 9.32 Å². The maximum Gasteiger partial charge on any atom is 0.261 e. The standard InChI is InChI=1S/C18H17N7O2/c1-11(2)15-21-18(27-24-15)13-6-4-8-25-14(22-23-16(13)25)10-20-17(26)12-5-3-7-19-9-12/h3-9,11H,10H2,1-2H3,(H,20,26). The largest absolute Gasteiger partial charge is 0.345 e. The molecule has 4 aromatic rings. The Morgan fingerprint density at radius 2 is 2.15 bits per heavy atom. The third kappa shape index (κ3) is 3.26. The molecule has 9 heteroatoms. The molecule has 0 aliphatic heterocycles. The zero-order valence-corrected chi connectivity index (χ0v) is 14.8. The fourth-order valence-corrected chi connectivity index (χ4v) is 2.59. The van der Waals surface area contributed by atoms with E-state index in [4.69, 9.17) is 4.52 Å². The molecule has 4 heterocycles. The smallest absolute Gasteiger partial charge is 0.261 e. The Labute approximate surface area is 154 Å². The number of fused-ring (bicyclic) bond motifs is 1. The van der Waals surface area contributed by atoms with Crippen LogP contribution in [0.5, 0.6) is 0 Å². The van der Waals surface area contributed by atoms with Crippen LogP contribution in [-0.4, -0.2) is 35.6 Å². The van der Waals surface area contributed by atoms with Crippen LogP contribution in [0.2, 0.25) is 0 Å². The number of carbonyl (C=O) groups excluding carboxylic acids is 1. The van der Waals surface area contributed by atoms with Crippen molar-refractivity contribution in [3.8, 4) is 11.5 Å². The second-order valence-corrected chi connectivity index (χ2v) is 6.27. The lowest BCUT2D eigenvalue weighted by atomic mass is 10.2. The molecule has 0 aliphatic rings. The maximum atomic E-state index is 12.2. The minimum absolute atomic E-state index is 0.165. The van der Waals surface area contributed by atoms with Crippen LogP contribution in [-0.2, 0) is 6.54 Å². The Morgan fingerprint density at radius 3 is 2.89 bits per heavy atom. The molecule has 0 spiro atoms. The highest BCUT2D eigenvalue weighted by Crippen LogP contribution is 2.23. The highest BCUT2D eigenvalue weighted by molar-refractivity contribution is 5.93. The number of pyridine rings is 2. The number of carbonyl (C=O) groups is 1. The minimum atomic E-state index is -0.227. The van der Waals surface area contributed by atoms with Gasteiger partial charge < -0.3 is 9.84 Å². The predicted octanol–water partition coefficient (Wildman–Crippen LogP) is 2.23. The van der Waals surface area contributed by atoms with E-state index in [-0.39, 0.29) is 18.4 Å². The zero-order chi connectivity index (χ0) is 18.8. The first kappa shape index (κ1) is 16.8. The van der Waals surface area contributed by atoms with Crippen LogP contribution in [0.4, 0.5) is 0 Å². The fourth-order valence-electron chi connectivity index (χ4n) is 2.59. The van der Waals surface area contributed by atoms with Crippen molar-refractivity contribution in [1.29, 1.82) is 0 Å². The summed E-state index contributed by atoms with van der Waals surface area (Å²) in [6, 6.07) is 7.10. The Morgan fingerprint density at radius 1 is 1.26 bits per heavy atom. The molecule has 0 saturated carbocycles. The lowest BCUT2D eigenvalue weighted by Crippen LogP contribution is -2.24. The summed E-state index contributed by atoms with van der Waals surface area (Å²) in [6.45, 7) is 4.21. The summed E-state index contributed by atoms with van der Waals surface area (Å²) in [5.74, 6) is 1.55. The van der Waals surface area contributed by atoms with Crippen LogP contribution in [0.1, 0.15) is 41.8 Å². The van der Waals surface area contributed by atoms with E-state index in [1.807, 2.05) is 32.2 Å². The second-order valence-electron chi connectivity index (χ2n) is 6.27. The summed E-state index contributed by atoms with van der Waals surface area (Å²) in [5.41, 5.74) is 1.76. The fraction of sp³-hybridized carbons (Fsp3) is 0.222. The average molecular weight is 363 g/mol. The van der Waals surface area contributed by atoms with Crippen LogP contribution in [0.15, 0.2) is 47.4 Å². The van der Waals surface area contributed by atoms with Crippen molar-refractivity contribution in [2.24, 2.45) is 0 Å². The summed E-state index contributed by atoms with van der Waals surface area (Å²) < 4.78 is 7.16. The average Bonchev–Trinajstić information content (AvgIpc) is 3.34. The van der Waals surface area contributed by atoms with Crippen LogP contribution in [0.3, 0.4) is 0 Å². The third-order valence-electron chi connectivity index (χ3n) is 4.02. The van der Waals surface area contributed by atoms with Gasteiger partial charge in [0.05, 0.1) is 17.7 Å². The Kier molecular flexibility index (Phi) is 4.33. The summed E-state index contributed by atoms with van der Waals surface area (Å²) in [7, 11) is 0. The molecular formula is C18H17N7O2. The van der Waals surface area contributed by atoms with Gasteiger partial charge in [0, 0.05) is 24.5 Å². The van der Waals surface area contributed by atoms with Crippen molar-refractivity contribution >= 4 is 11.6 Å². The maximum absolute atomic E-state index is 12.2. The zero-order valence-electron chi connectivity index (χ0n) is 14.8. The Bertz CT molecular complexity index is 1090. The summed E-state index contributed by atoms with van der Waals surface area (Å²) in [6.07, 6.45) is 4.95. The highest BCUT2D eigenvalue weighted by Gasteiger charge is 2.17. The summed E-state index contributed by atoms with van der Waals surface area (Å²) in [5, 5.41) is 15.2. The molecule has 9 nitrogen and oxygen atoms in total. The Hall–Kier alpha value is -3.62. The molecule has 0 saturated heterocycles. The molecule has 0 atom stereocenters. The van der Waals surface area contributed by atoms with E-state index in [0.29, 0.717) is 34.3 Å². The van der Waals surface area contributed by atoms with Crippen molar-refractivity contribution in [2.75, 3.05) is 0 Å². The number of hydrogen-bond donors (Lipinski definition) is 1. The second kappa shape index (κ2) is 6.94. The van der Waals surface area contributed by atoms with Crippen LogP contribution < -0.4 is 5.32 Å². The molecule has 27 heavy (non-hydrogen) atoms. The molecule has 0 radical (unpaired) electrons. The number of hydrogen-bond acceptors (Lipinski definition) is 7. The molecule has 1 N–H and O–H groups in total. The van der Waals surface area contributed by atoms with E-state index in [1.165, 1.54) is 6.20 Å². The van der Waals surface area contributed by atoms with Gasteiger partial charge in [0.1, 0.15) is 0 Å². The molecular weight excluding hydrogens is 346 g/mol. The lowest BCUT2D eigenvalue weighted by Gasteiger charge is -2.04. The topological polar surface area (TPSA) is 111 Å². The predicted molar refractivity (Wildman–Crippen MR) is 95.8 cm³/mol. The number of aromatic nitrogens is 6. The van der Waals surface area contributed by atoms with E-state index in [2.05, 4.69) is 30.6 Å². The minimum Gasteiger partial charge on any atom is -0.345 e. The Balaban J connectivity index is 1.59. The first-order valence-corrected chi connectivity index (χ1v) is 8.48. The number of nitrogens with one attached hydrogen (secondary N) is 1. The molecule has 4 aromatic heterocycles. The van der Waals surface area contributed by atoms with E-state index in [1.54, 1.807) is 22.7 Å². The van der Waals surface area contributed by atoms with Gasteiger partial charge in [-0.25, -0.2) is 0 Å². The van der Waals surface area contributed by atoms with Crippen LogP contribution in [0, 0.1) is 0 Å². The van der Waals surface area contributed by atoms with Gasteiger partial charge in [-0.05, 0) is 24.3 Å². The SMILES string of the molecule is CC(C)c1noc(-c2cccn3c(CNC(=O)c4cccnc4)nnc23)n1. The number of rotatable bonds is 5. The molecule has 0 unspecified atom stereocenters. The number of nitrogens with zero attached hydrogens (tertiary/aromatic N) is 6. The molecule has 4 rings (SSSR count). The van der Waals surface area contributed by atoms with Crippen molar-refractivity contribution in [3.63, 3.8) is 0 Å². The molecule has 1 amide bonds. The van der Waals surface area contributed by atoms with Gasteiger partial charge in [-0.2, -0.15) is 4.98 Å². The first-order chi connectivity index (χ1) is 13.1. The first-order valence-electron chi connectivity index (χ1n) is 8.48. The van der Waals surface area contributed by atoms with E-state index in [9.17, 15) is 4.79 Å². The molecule has 0 aromatic carbocycles. The van der Waals surface area contributed by atoms with Gasteiger partial charge >= 0.3 is 0 Å². The monoisotopic (exact) mass is 363 g/mol. The quantitative estimate of drug-likeness (QED) is 0.579. The van der Waals surface area contributed by atoms with Crippen LogP contribution in [0.25, 0.3) is 17.1 Å². The molecule has 0 bridgehead atoms. The molecule has 0 aliphatic carbocycles. The molecule has 0 fully saturated rings. The highest BCUT2D eigenvalue weighted by atomic mass is 16.5. The van der Waals surface area contributed by atoms with Crippen LogP contribution >= 0.6 is 0 Å². The van der Waals surface area contributed by atoms with Gasteiger partial charge in [-0.1, -0.05) is 19.0 Å². The lowest BCUT2D eigenvalue weighted by molar-refractivity contribution is 0.0949. The number of amides is 1. The van der Waals surface area contributed by atoms with Gasteiger partial charge in [0.25, 0.3) is 11.8 Å². The van der Waals surface area contributed by atoms with Crippen molar-refractivity contribution in [2.45, 2.75) is 26.3 Å². The van der Waals surface area contributed by atoms with Crippen molar-refractivity contribution in [3.05, 3.63) is 60.1 Å². The van der Waals surface area contributed by atoms with E-state index in [0.717, 1.165) is 0 Å². The van der Waals surface area contributed by atoms with Crippen molar-refractivity contribution in [1.82, 2.24) is 35.0 Å². The van der Waals surface area contributed by atoms with Gasteiger partial charge in [0.15, 0.2) is 17.3 Å². The van der Waals surface area contributed by atoms with E-state index >= 15 is 0 Å². The summed E-state index contributed by atoms with van der Waals surface area (Å²) in [4.78, 5) is 20.5. The molecule has 136 valence electrons. The normalized spacial score (nSPS) is 11.2. The van der Waals surface area contributed by atoms with Gasteiger partial charge in [-0.3, -0.25) is 14.2 Å². The summed E-state index contributed by atoms with van der Waals surface area (Å²) >= 11 is 0. The van der Waals surface area contributed by atoms with E-state index < -0.39 is 0 Å². The van der Waals surface area contributed by atoms with Gasteiger partial charge in [0.2, 0.25) is 0 Å². The van der Waals surface area contributed by atoms with Gasteiger partial charge in [-0.15, -0.1) is 10.2 Å². The third-order valence-corrected chi connectivity index (χ3v) is 4.02.